The van der Waals surface area contributed by atoms with E-state index in [0.717, 1.165) is 44.3 Å². The smallest absolute Gasteiger partial charge is 0.174 e. The fourth-order valence-electron chi connectivity index (χ4n) is 4.79. The van der Waals surface area contributed by atoms with Crippen molar-refractivity contribution in [2.75, 3.05) is 0 Å². The first-order valence-electron chi connectivity index (χ1n) is 11.2. The van der Waals surface area contributed by atoms with E-state index in [1.165, 1.54) is 5.56 Å². The van der Waals surface area contributed by atoms with E-state index in [2.05, 4.69) is 57.9 Å². The number of nitrogens with one attached hydrogen (secondary N) is 1. The van der Waals surface area contributed by atoms with Gasteiger partial charge in [-0.3, -0.25) is 0 Å². The summed E-state index contributed by atoms with van der Waals surface area (Å²) in [5.74, 6) is 1.76. The zero-order valence-corrected chi connectivity index (χ0v) is 17.6. The number of H-pyrrole nitrogens is 1. The number of aromatic amines is 1. The Morgan fingerprint density at radius 3 is 2.83 bits per heavy atom. The molecule has 2 saturated heterocycles. The summed E-state index contributed by atoms with van der Waals surface area (Å²) in [5, 5.41) is 24.7. The molecule has 6 atom stereocenters. The lowest BCUT2D eigenvalue weighted by atomic mass is 9.77. The van der Waals surface area contributed by atoms with Crippen LogP contribution >= 0.6 is 0 Å². The number of aromatic nitrogens is 4. The lowest BCUT2D eigenvalue weighted by Crippen LogP contribution is -2.26. The van der Waals surface area contributed by atoms with Crippen molar-refractivity contribution in [3.63, 3.8) is 0 Å². The van der Waals surface area contributed by atoms with E-state index in [0.29, 0.717) is 24.0 Å². The number of benzene rings is 1. The average Bonchev–Trinajstić information content (AvgIpc) is 3.53. The Kier molecular flexibility index (Phi) is 7.07. The van der Waals surface area contributed by atoms with Gasteiger partial charge in [0.15, 0.2) is 5.82 Å². The van der Waals surface area contributed by atoms with E-state index in [1.54, 1.807) is 0 Å². The van der Waals surface area contributed by atoms with Gasteiger partial charge in [0, 0.05) is 18.3 Å². The summed E-state index contributed by atoms with van der Waals surface area (Å²) in [6.07, 6.45) is 15.2. The number of fused-ring (bicyclic) bond motifs is 2. The summed E-state index contributed by atoms with van der Waals surface area (Å²) < 4.78 is 6.21. The van der Waals surface area contributed by atoms with Crippen LogP contribution in [-0.2, 0) is 11.2 Å². The Hall–Kier alpha value is -2.31. The molecule has 1 aromatic carbocycles. The maximum absolute atomic E-state index is 10.7. The van der Waals surface area contributed by atoms with Crippen LogP contribution in [0.2, 0.25) is 0 Å². The normalized spacial score (nSPS) is 27.9. The van der Waals surface area contributed by atoms with Gasteiger partial charge in [-0.1, -0.05) is 66.8 Å². The second kappa shape index (κ2) is 10.1. The van der Waals surface area contributed by atoms with Crippen LogP contribution in [0.1, 0.15) is 56.3 Å². The van der Waals surface area contributed by atoms with Gasteiger partial charge in [0.05, 0.1) is 18.3 Å². The number of aryl methyl sites for hydroxylation is 1. The molecule has 2 fully saturated rings. The van der Waals surface area contributed by atoms with Crippen LogP contribution in [-0.4, -0.2) is 44.0 Å². The highest BCUT2D eigenvalue weighted by atomic mass is 16.5. The highest BCUT2D eigenvalue weighted by Crippen LogP contribution is 2.46. The number of hydrogen-bond acceptors (Lipinski definition) is 5. The van der Waals surface area contributed by atoms with Crippen molar-refractivity contribution in [1.82, 2.24) is 20.6 Å². The number of aliphatic hydroxyl groups is 1. The standard InChI is InChI=1S/C24H32N4O2/c1-17(18-9-5-4-6-10-18)21(29)14-13-20-19(22-15-16-23(20)30-22)11-7-2-3-8-12-24-25-27-28-26-24/h2,4-7,9-10,13-14,17,19-23,29H,3,8,11-12,15-16H2,1H3,(H,25,26,27,28)/b7-2-,14-13+/t17-,19+,20-,21+,22?,23?/m0/s1. The third kappa shape index (κ3) is 5.05. The molecule has 1 aromatic heterocycles. The molecule has 0 saturated carbocycles. The number of hydrogen-bond donors (Lipinski definition) is 2. The lowest BCUT2D eigenvalue weighted by molar-refractivity contribution is 0.0899. The van der Waals surface area contributed by atoms with Crippen LogP contribution in [0.15, 0.2) is 54.6 Å². The van der Waals surface area contributed by atoms with Crippen molar-refractivity contribution in [3.05, 3.63) is 66.0 Å². The molecule has 3 heterocycles. The fourth-order valence-corrected chi connectivity index (χ4v) is 4.79. The van der Waals surface area contributed by atoms with Crippen molar-refractivity contribution in [3.8, 4) is 0 Å². The van der Waals surface area contributed by atoms with Crippen molar-refractivity contribution >= 4 is 0 Å². The summed E-state index contributed by atoms with van der Waals surface area (Å²) in [7, 11) is 0. The maximum Gasteiger partial charge on any atom is 0.174 e. The van der Waals surface area contributed by atoms with Crippen LogP contribution in [0.3, 0.4) is 0 Å². The van der Waals surface area contributed by atoms with Gasteiger partial charge in [0.2, 0.25) is 0 Å². The van der Waals surface area contributed by atoms with Crippen molar-refractivity contribution < 1.29 is 9.84 Å². The monoisotopic (exact) mass is 408 g/mol. The molecule has 0 radical (unpaired) electrons. The molecule has 0 spiro atoms. The molecule has 2 N–H and O–H groups in total. The molecule has 2 unspecified atom stereocenters. The van der Waals surface area contributed by atoms with Crippen LogP contribution in [0, 0.1) is 11.8 Å². The molecule has 2 aliphatic rings. The second-order valence-electron chi connectivity index (χ2n) is 8.53. The summed E-state index contributed by atoms with van der Waals surface area (Å²) in [5.41, 5.74) is 1.17. The van der Waals surface area contributed by atoms with Crippen LogP contribution in [0.4, 0.5) is 0 Å². The Bertz CT molecular complexity index is 821. The summed E-state index contributed by atoms with van der Waals surface area (Å²) in [6.45, 7) is 2.08. The quantitative estimate of drug-likeness (QED) is 0.459. The molecule has 4 rings (SSSR count). The van der Waals surface area contributed by atoms with E-state index in [1.807, 2.05) is 24.3 Å². The van der Waals surface area contributed by atoms with E-state index in [-0.39, 0.29) is 5.92 Å². The van der Waals surface area contributed by atoms with Gasteiger partial charge >= 0.3 is 0 Å². The molecular formula is C24H32N4O2. The first kappa shape index (κ1) is 20.9. The Morgan fingerprint density at radius 2 is 2.03 bits per heavy atom. The molecule has 6 heteroatoms. The van der Waals surface area contributed by atoms with E-state index in [4.69, 9.17) is 4.74 Å². The number of tetrazole rings is 1. The molecule has 2 aliphatic heterocycles. The zero-order valence-electron chi connectivity index (χ0n) is 17.6. The van der Waals surface area contributed by atoms with E-state index < -0.39 is 6.10 Å². The van der Waals surface area contributed by atoms with E-state index in [9.17, 15) is 5.11 Å². The van der Waals surface area contributed by atoms with Crippen LogP contribution in [0.25, 0.3) is 0 Å². The lowest BCUT2D eigenvalue weighted by Gasteiger charge is -2.25. The summed E-state index contributed by atoms with van der Waals surface area (Å²) >= 11 is 0. The molecule has 2 bridgehead atoms. The van der Waals surface area contributed by atoms with Gasteiger partial charge in [0.25, 0.3) is 0 Å². The average molecular weight is 409 g/mol. The Labute approximate surface area is 178 Å². The predicted molar refractivity (Wildman–Crippen MR) is 116 cm³/mol. The summed E-state index contributed by atoms with van der Waals surface area (Å²) in [6, 6.07) is 10.2. The number of nitrogens with zero attached hydrogens (tertiary/aromatic N) is 3. The van der Waals surface area contributed by atoms with Crippen LogP contribution < -0.4 is 0 Å². The maximum atomic E-state index is 10.7. The third-order valence-electron chi connectivity index (χ3n) is 6.59. The molecule has 160 valence electrons. The van der Waals surface area contributed by atoms with Gasteiger partial charge < -0.3 is 9.84 Å². The number of aliphatic hydroxyl groups excluding tert-OH is 1. The van der Waals surface area contributed by atoms with E-state index >= 15 is 0 Å². The molecular weight excluding hydrogens is 376 g/mol. The number of allylic oxidation sites excluding steroid dienone is 2. The molecule has 30 heavy (non-hydrogen) atoms. The minimum absolute atomic E-state index is 0.0829. The van der Waals surface area contributed by atoms with Crippen molar-refractivity contribution in [2.45, 2.75) is 69.7 Å². The molecule has 0 aliphatic carbocycles. The summed E-state index contributed by atoms with van der Waals surface area (Å²) in [4.78, 5) is 0. The molecule has 6 nitrogen and oxygen atoms in total. The zero-order chi connectivity index (χ0) is 20.8. The number of unbranched alkanes of at least 4 members (excludes halogenated alkanes) is 1. The number of ether oxygens (including phenoxy) is 1. The van der Waals surface area contributed by atoms with Gasteiger partial charge in [-0.15, -0.1) is 10.2 Å². The third-order valence-corrected chi connectivity index (χ3v) is 6.59. The predicted octanol–water partition coefficient (Wildman–Crippen LogP) is 3.98. The van der Waals surface area contributed by atoms with Gasteiger partial charge in [-0.25, -0.2) is 0 Å². The first-order valence-corrected chi connectivity index (χ1v) is 11.2. The number of rotatable bonds is 10. The van der Waals surface area contributed by atoms with Crippen molar-refractivity contribution in [1.29, 1.82) is 0 Å². The minimum atomic E-state index is -0.479. The SMILES string of the molecule is C[C@@H](c1ccccc1)[C@H](O)/C=C/[C@@H]1C2CCC(O2)[C@@H]1C/C=C\CCCc1nn[nH]n1. The minimum Gasteiger partial charge on any atom is -0.388 e. The van der Waals surface area contributed by atoms with Gasteiger partial charge in [-0.2, -0.15) is 5.21 Å². The second-order valence-corrected chi connectivity index (χ2v) is 8.53. The van der Waals surface area contributed by atoms with Crippen molar-refractivity contribution in [2.24, 2.45) is 11.8 Å². The van der Waals surface area contributed by atoms with Gasteiger partial charge in [-0.05, 0) is 43.6 Å². The Morgan fingerprint density at radius 1 is 1.20 bits per heavy atom. The first-order chi connectivity index (χ1) is 14.7. The molecule has 2 aromatic rings. The van der Waals surface area contributed by atoms with Crippen LogP contribution in [0.5, 0.6) is 0 Å². The highest BCUT2D eigenvalue weighted by Gasteiger charge is 2.46. The van der Waals surface area contributed by atoms with Gasteiger partial charge in [0.1, 0.15) is 0 Å². The highest BCUT2D eigenvalue weighted by molar-refractivity contribution is 5.22. The topological polar surface area (TPSA) is 83.9 Å². The Balaban J connectivity index is 1.28. The molecule has 0 amide bonds. The fraction of sp³-hybridized carbons (Fsp3) is 0.542. The largest absolute Gasteiger partial charge is 0.388 e.